The fraction of sp³-hybridized carbons (Fsp3) is 0. The van der Waals surface area contributed by atoms with Gasteiger partial charge in [0.2, 0.25) is 0 Å². The summed E-state index contributed by atoms with van der Waals surface area (Å²) >= 11 is 0. The van der Waals surface area contributed by atoms with E-state index < -0.39 is 0 Å². The molecule has 0 saturated heterocycles. The molecule has 0 unspecified atom stereocenters. The van der Waals surface area contributed by atoms with E-state index in [1.165, 1.54) is 12.1 Å². The Kier molecular flexibility index (Phi) is 3.49. The zero-order valence-corrected chi connectivity index (χ0v) is 4.93. The summed E-state index contributed by atoms with van der Waals surface area (Å²) in [6, 6.07) is 8.62. The van der Waals surface area contributed by atoms with Crippen LogP contribution in [0.2, 0.25) is 0 Å². The smallest absolute Gasteiger partial charge is 0.236 e. The van der Waals surface area contributed by atoms with Crippen molar-refractivity contribution in [3.05, 3.63) is 36.1 Å². The summed E-state index contributed by atoms with van der Waals surface area (Å²) in [6.07, 6.45) is 0. The Hall–Kier alpha value is -0.331. The van der Waals surface area contributed by atoms with Gasteiger partial charge >= 0.3 is 17.1 Å². The van der Waals surface area contributed by atoms with Crippen LogP contribution in [0.5, 0.6) is 0 Å². The first-order valence-electron chi connectivity index (χ1n) is 2.02. The van der Waals surface area contributed by atoms with Crippen LogP contribution in [0, 0.1) is 11.9 Å². The number of hydrogen-bond acceptors (Lipinski definition) is 0. The molecule has 8 heavy (non-hydrogen) atoms. The molecular formula is C6H4CuF. The van der Waals surface area contributed by atoms with Gasteiger partial charge in [-0.25, -0.2) is 4.39 Å². The molecule has 0 spiro atoms. The van der Waals surface area contributed by atoms with Crippen LogP contribution in [0.15, 0.2) is 24.3 Å². The summed E-state index contributed by atoms with van der Waals surface area (Å²) in [5.74, 6) is -0.303. The fourth-order valence-corrected chi connectivity index (χ4v) is 0.371. The normalized spacial score (nSPS) is 7.62. The number of halogens is 1. The van der Waals surface area contributed by atoms with Gasteiger partial charge in [0.15, 0.2) is 0 Å². The molecule has 0 fully saturated rings. The van der Waals surface area contributed by atoms with Crippen molar-refractivity contribution in [2.24, 2.45) is 0 Å². The third-order valence-corrected chi connectivity index (χ3v) is 0.671. The molecule has 0 aliphatic heterocycles. The van der Waals surface area contributed by atoms with Crippen LogP contribution in [0.25, 0.3) is 0 Å². The first-order chi connectivity index (χ1) is 3.39. The van der Waals surface area contributed by atoms with Gasteiger partial charge in [0.05, 0.1) is 0 Å². The Bertz CT molecular complexity index is 138. The maximum absolute atomic E-state index is 11.9. The summed E-state index contributed by atoms with van der Waals surface area (Å²) in [6.45, 7) is 0. The van der Waals surface area contributed by atoms with Crippen LogP contribution in [0.1, 0.15) is 0 Å². The van der Waals surface area contributed by atoms with E-state index in [-0.39, 0.29) is 22.9 Å². The van der Waals surface area contributed by atoms with Crippen LogP contribution < -0.4 is 0 Å². The molecule has 0 nitrogen and oxygen atoms in total. The predicted molar refractivity (Wildman–Crippen MR) is 25.2 cm³/mol. The summed E-state index contributed by atoms with van der Waals surface area (Å²) in [4.78, 5) is 0. The van der Waals surface area contributed by atoms with Crippen molar-refractivity contribution in [1.29, 1.82) is 0 Å². The summed E-state index contributed by atoms with van der Waals surface area (Å²) in [7, 11) is 0. The van der Waals surface area contributed by atoms with E-state index in [9.17, 15) is 4.39 Å². The first-order valence-corrected chi connectivity index (χ1v) is 2.02. The van der Waals surface area contributed by atoms with Crippen LogP contribution in [-0.4, -0.2) is 0 Å². The van der Waals surface area contributed by atoms with E-state index in [0.29, 0.717) is 0 Å². The second-order valence-electron chi connectivity index (χ2n) is 1.21. The standard InChI is InChI=1S/C6H4F.Cu/c7-6-4-2-1-3-5-6;/h1-4H;/q-1;+1. The second-order valence-corrected chi connectivity index (χ2v) is 1.21. The fourth-order valence-electron chi connectivity index (χ4n) is 0.371. The van der Waals surface area contributed by atoms with Gasteiger partial charge in [-0.05, 0) is 0 Å². The van der Waals surface area contributed by atoms with Gasteiger partial charge < -0.3 is 0 Å². The molecule has 0 aliphatic rings. The Balaban J connectivity index is 0.000000490. The maximum Gasteiger partial charge on any atom is 1.00 e. The van der Waals surface area contributed by atoms with Gasteiger partial charge in [0.1, 0.15) is 0 Å². The molecule has 1 aromatic rings. The number of rotatable bonds is 0. The Morgan fingerprint density at radius 2 is 2.12 bits per heavy atom. The van der Waals surface area contributed by atoms with Gasteiger partial charge in [-0.3, -0.25) is 0 Å². The molecule has 0 aliphatic carbocycles. The molecule has 1 aromatic carbocycles. The van der Waals surface area contributed by atoms with E-state index in [4.69, 9.17) is 0 Å². The van der Waals surface area contributed by atoms with E-state index >= 15 is 0 Å². The van der Waals surface area contributed by atoms with Gasteiger partial charge in [0, 0.05) is 5.82 Å². The van der Waals surface area contributed by atoms with Crippen LogP contribution in [-0.2, 0) is 17.1 Å². The molecule has 0 amide bonds. The Labute approximate surface area is 58.2 Å². The minimum absolute atomic E-state index is 0. The van der Waals surface area contributed by atoms with Crippen molar-refractivity contribution in [2.75, 3.05) is 0 Å². The third kappa shape index (κ3) is 2.10. The SMILES string of the molecule is Fc1[c-]cccc1.[Cu+]. The molecule has 0 saturated carbocycles. The van der Waals surface area contributed by atoms with Crippen molar-refractivity contribution in [1.82, 2.24) is 0 Å². The van der Waals surface area contributed by atoms with Crippen molar-refractivity contribution in [3.63, 3.8) is 0 Å². The molecule has 46 valence electrons. The molecule has 0 N–H and O–H groups in total. The second kappa shape index (κ2) is 3.64. The van der Waals surface area contributed by atoms with Crippen LogP contribution in [0.4, 0.5) is 4.39 Å². The molecular weight excluding hydrogens is 155 g/mol. The zero-order chi connectivity index (χ0) is 5.11. The maximum atomic E-state index is 11.9. The van der Waals surface area contributed by atoms with Crippen molar-refractivity contribution in [3.8, 4) is 0 Å². The van der Waals surface area contributed by atoms with Crippen molar-refractivity contribution in [2.45, 2.75) is 0 Å². The predicted octanol–water partition coefficient (Wildman–Crippen LogP) is 1.62. The molecule has 0 radical (unpaired) electrons. The molecule has 0 aromatic heterocycles. The average molecular weight is 159 g/mol. The molecule has 1 rings (SSSR count). The van der Waals surface area contributed by atoms with E-state index in [0.717, 1.165) is 0 Å². The van der Waals surface area contributed by atoms with E-state index in [2.05, 4.69) is 6.07 Å². The topological polar surface area (TPSA) is 0 Å². The van der Waals surface area contributed by atoms with Crippen molar-refractivity contribution >= 4 is 0 Å². The minimum atomic E-state index is -0.303. The van der Waals surface area contributed by atoms with E-state index in [1.54, 1.807) is 12.1 Å². The zero-order valence-electron chi connectivity index (χ0n) is 3.99. The minimum Gasteiger partial charge on any atom is -0.236 e. The Morgan fingerprint density at radius 1 is 1.38 bits per heavy atom. The average Bonchev–Trinajstić information content (AvgIpc) is 1.69. The van der Waals surface area contributed by atoms with Gasteiger partial charge in [-0.2, -0.15) is 18.2 Å². The number of benzene rings is 1. The summed E-state index contributed by atoms with van der Waals surface area (Å²) in [5.41, 5.74) is 0. The molecule has 0 atom stereocenters. The van der Waals surface area contributed by atoms with E-state index in [1.807, 2.05) is 0 Å². The molecule has 0 heterocycles. The number of hydrogen-bond donors (Lipinski definition) is 0. The summed E-state index contributed by atoms with van der Waals surface area (Å²) < 4.78 is 11.9. The van der Waals surface area contributed by atoms with Crippen LogP contribution in [0.3, 0.4) is 0 Å². The Morgan fingerprint density at radius 3 is 2.38 bits per heavy atom. The quantitative estimate of drug-likeness (QED) is 0.398. The van der Waals surface area contributed by atoms with Crippen LogP contribution >= 0.6 is 0 Å². The first kappa shape index (κ1) is 7.67. The van der Waals surface area contributed by atoms with Gasteiger partial charge in [-0.1, -0.05) is 0 Å². The van der Waals surface area contributed by atoms with Gasteiger partial charge in [-0.15, -0.1) is 12.1 Å². The third-order valence-electron chi connectivity index (χ3n) is 0.671. The van der Waals surface area contributed by atoms with Crippen molar-refractivity contribution < 1.29 is 21.5 Å². The summed E-state index contributed by atoms with van der Waals surface area (Å²) in [5, 5.41) is 0. The monoisotopic (exact) mass is 158 g/mol. The molecule has 2 heteroatoms. The largest absolute Gasteiger partial charge is 1.00 e. The molecule has 0 bridgehead atoms. The van der Waals surface area contributed by atoms with Gasteiger partial charge in [0.25, 0.3) is 0 Å².